The second-order valence-corrected chi connectivity index (χ2v) is 7.79. The molecule has 0 aliphatic carbocycles. The van der Waals surface area contributed by atoms with Crippen molar-refractivity contribution in [3.8, 4) is 0 Å². The number of carbonyl (C=O) groups is 1. The van der Waals surface area contributed by atoms with Crippen LogP contribution in [0.4, 0.5) is 0 Å². The third-order valence-electron chi connectivity index (χ3n) is 4.18. The van der Waals surface area contributed by atoms with Crippen molar-refractivity contribution in [1.29, 1.82) is 0 Å². The van der Waals surface area contributed by atoms with Gasteiger partial charge in [-0.25, -0.2) is 0 Å². The zero-order valence-corrected chi connectivity index (χ0v) is 15.7. The number of aromatic nitrogens is 1. The summed E-state index contributed by atoms with van der Waals surface area (Å²) in [5.74, 6) is 0.487. The molecule has 0 N–H and O–H groups in total. The molecule has 26 heavy (non-hydrogen) atoms. The standard InChI is InChI=1S/C20H15NO3S2/c1-12-11-26-20-17(12)19(23)21-16(24-20)9-6-13-4-7-14(8-5-13)18(22)15-3-2-10-25-15/h2-5,7-8,10-11H,6,9H2,1H3. The summed E-state index contributed by atoms with van der Waals surface area (Å²) in [5.41, 5.74) is 2.43. The van der Waals surface area contributed by atoms with Crippen molar-refractivity contribution < 1.29 is 9.21 Å². The highest BCUT2D eigenvalue weighted by molar-refractivity contribution is 7.16. The minimum atomic E-state index is -0.225. The number of ketones is 1. The fourth-order valence-electron chi connectivity index (χ4n) is 2.78. The van der Waals surface area contributed by atoms with Crippen LogP contribution in [-0.4, -0.2) is 10.8 Å². The van der Waals surface area contributed by atoms with E-state index in [0.29, 0.717) is 34.6 Å². The molecule has 4 aromatic rings. The highest BCUT2D eigenvalue weighted by Gasteiger charge is 2.12. The lowest BCUT2D eigenvalue weighted by Gasteiger charge is -2.03. The molecule has 0 aliphatic heterocycles. The lowest BCUT2D eigenvalue weighted by molar-refractivity contribution is 0.104. The van der Waals surface area contributed by atoms with Crippen LogP contribution >= 0.6 is 22.7 Å². The molecule has 0 fully saturated rings. The van der Waals surface area contributed by atoms with E-state index < -0.39 is 0 Å². The van der Waals surface area contributed by atoms with Crippen LogP contribution in [0.3, 0.4) is 0 Å². The summed E-state index contributed by atoms with van der Waals surface area (Å²) in [6.45, 7) is 1.89. The number of thiophene rings is 2. The van der Waals surface area contributed by atoms with E-state index in [1.807, 2.05) is 54.1 Å². The van der Waals surface area contributed by atoms with E-state index in [4.69, 9.17) is 4.42 Å². The summed E-state index contributed by atoms with van der Waals surface area (Å²) >= 11 is 2.87. The van der Waals surface area contributed by atoms with E-state index >= 15 is 0 Å². The minimum Gasteiger partial charge on any atom is -0.431 e. The highest BCUT2D eigenvalue weighted by atomic mass is 32.1. The third-order valence-corrected chi connectivity index (χ3v) is 6.02. The molecule has 3 heterocycles. The van der Waals surface area contributed by atoms with E-state index in [9.17, 15) is 9.59 Å². The summed E-state index contributed by atoms with van der Waals surface area (Å²) in [6.07, 6.45) is 1.24. The number of fused-ring (bicyclic) bond motifs is 1. The Bertz CT molecular complexity index is 1120. The Labute approximate surface area is 157 Å². The van der Waals surface area contributed by atoms with Crippen molar-refractivity contribution in [2.75, 3.05) is 0 Å². The summed E-state index contributed by atoms with van der Waals surface area (Å²) in [6, 6.07) is 11.3. The van der Waals surface area contributed by atoms with Gasteiger partial charge in [-0.3, -0.25) is 9.59 Å². The molecule has 4 rings (SSSR count). The number of aryl methyl sites for hydroxylation is 3. The monoisotopic (exact) mass is 381 g/mol. The molecule has 0 saturated carbocycles. The van der Waals surface area contributed by atoms with Crippen LogP contribution < -0.4 is 5.56 Å². The Morgan fingerprint density at radius 3 is 2.65 bits per heavy atom. The first kappa shape index (κ1) is 16.9. The molecule has 1 aromatic carbocycles. The van der Waals surface area contributed by atoms with Gasteiger partial charge in [-0.15, -0.1) is 22.7 Å². The van der Waals surface area contributed by atoms with Gasteiger partial charge in [-0.05, 0) is 41.3 Å². The van der Waals surface area contributed by atoms with Gasteiger partial charge in [0, 0.05) is 12.0 Å². The highest BCUT2D eigenvalue weighted by Crippen LogP contribution is 2.23. The van der Waals surface area contributed by atoms with E-state index in [1.165, 1.54) is 22.7 Å². The fraction of sp³-hybridized carbons (Fsp3) is 0.150. The molecule has 4 nitrogen and oxygen atoms in total. The van der Waals surface area contributed by atoms with Crippen molar-refractivity contribution in [3.05, 3.63) is 85.0 Å². The van der Waals surface area contributed by atoms with Crippen LogP contribution in [0.5, 0.6) is 0 Å². The van der Waals surface area contributed by atoms with E-state index in [0.717, 1.165) is 16.0 Å². The SMILES string of the molecule is Cc1csc2oc(CCc3ccc(C(=O)c4cccs4)cc3)nc(=O)c12. The Morgan fingerprint density at radius 2 is 1.92 bits per heavy atom. The van der Waals surface area contributed by atoms with Crippen LogP contribution in [0.25, 0.3) is 10.3 Å². The number of nitrogens with zero attached hydrogens (tertiary/aromatic N) is 1. The predicted octanol–water partition coefficient (Wildman–Crippen LogP) is 4.64. The summed E-state index contributed by atoms with van der Waals surface area (Å²) in [4.78, 5) is 29.9. The van der Waals surface area contributed by atoms with Gasteiger partial charge < -0.3 is 4.42 Å². The predicted molar refractivity (Wildman–Crippen MR) is 104 cm³/mol. The Hall–Kier alpha value is -2.57. The number of carbonyl (C=O) groups excluding carboxylic acids is 1. The number of rotatable bonds is 5. The first-order chi connectivity index (χ1) is 12.6. The molecule has 0 aliphatic rings. The average molecular weight is 381 g/mol. The molecule has 6 heteroatoms. The summed E-state index contributed by atoms with van der Waals surface area (Å²) < 4.78 is 5.75. The molecule has 0 amide bonds. The molecule has 0 saturated heterocycles. The second kappa shape index (κ2) is 6.97. The van der Waals surface area contributed by atoms with Gasteiger partial charge in [0.15, 0.2) is 10.8 Å². The molecule has 0 radical (unpaired) electrons. The molecule has 0 bridgehead atoms. The quantitative estimate of drug-likeness (QED) is 0.473. The second-order valence-electron chi connectivity index (χ2n) is 6.00. The first-order valence-electron chi connectivity index (χ1n) is 8.17. The van der Waals surface area contributed by atoms with Crippen LogP contribution in [-0.2, 0) is 12.8 Å². The van der Waals surface area contributed by atoms with Crippen LogP contribution in [0.15, 0.2) is 56.4 Å². The van der Waals surface area contributed by atoms with Gasteiger partial charge in [-0.1, -0.05) is 30.3 Å². The smallest absolute Gasteiger partial charge is 0.284 e. The lowest BCUT2D eigenvalue weighted by atomic mass is 10.0. The molecular weight excluding hydrogens is 366 g/mol. The zero-order valence-electron chi connectivity index (χ0n) is 14.0. The van der Waals surface area contributed by atoms with Gasteiger partial charge in [-0.2, -0.15) is 4.98 Å². The molecule has 0 atom stereocenters. The van der Waals surface area contributed by atoms with Gasteiger partial charge >= 0.3 is 0 Å². The van der Waals surface area contributed by atoms with Crippen molar-refractivity contribution >= 4 is 38.7 Å². The number of hydrogen-bond acceptors (Lipinski definition) is 6. The zero-order chi connectivity index (χ0) is 18.1. The van der Waals surface area contributed by atoms with Crippen LogP contribution in [0, 0.1) is 6.92 Å². The van der Waals surface area contributed by atoms with Gasteiger partial charge in [0.25, 0.3) is 5.56 Å². The largest absolute Gasteiger partial charge is 0.431 e. The maximum atomic E-state index is 12.3. The molecule has 0 unspecified atom stereocenters. The average Bonchev–Trinajstić information content (AvgIpc) is 3.30. The summed E-state index contributed by atoms with van der Waals surface area (Å²) in [5, 5.41) is 4.38. The molecule has 3 aromatic heterocycles. The number of benzene rings is 1. The Balaban J connectivity index is 1.48. The van der Waals surface area contributed by atoms with Crippen molar-refractivity contribution in [2.45, 2.75) is 19.8 Å². The lowest BCUT2D eigenvalue weighted by Crippen LogP contribution is -2.09. The van der Waals surface area contributed by atoms with Crippen molar-refractivity contribution in [3.63, 3.8) is 0 Å². The third kappa shape index (κ3) is 3.25. The maximum absolute atomic E-state index is 12.3. The van der Waals surface area contributed by atoms with Gasteiger partial charge in [0.2, 0.25) is 5.78 Å². The van der Waals surface area contributed by atoms with Gasteiger partial charge in [0.1, 0.15) is 0 Å². The normalized spacial score (nSPS) is 11.1. The van der Waals surface area contributed by atoms with Crippen LogP contribution in [0.2, 0.25) is 0 Å². The topological polar surface area (TPSA) is 60.2 Å². The molecule has 130 valence electrons. The Kier molecular flexibility index (Phi) is 4.53. The minimum absolute atomic E-state index is 0.0396. The first-order valence-corrected chi connectivity index (χ1v) is 9.93. The van der Waals surface area contributed by atoms with Crippen LogP contribution in [0.1, 0.15) is 32.3 Å². The number of hydrogen-bond donors (Lipinski definition) is 0. The molecule has 0 spiro atoms. The Morgan fingerprint density at radius 1 is 1.12 bits per heavy atom. The van der Waals surface area contributed by atoms with E-state index in [1.54, 1.807) is 0 Å². The van der Waals surface area contributed by atoms with E-state index in [-0.39, 0.29) is 11.3 Å². The van der Waals surface area contributed by atoms with Crippen molar-refractivity contribution in [2.24, 2.45) is 0 Å². The molecular formula is C20H15NO3S2. The fourth-order valence-corrected chi connectivity index (χ4v) is 4.38. The van der Waals surface area contributed by atoms with E-state index in [2.05, 4.69) is 4.98 Å². The maximum Gasteiger partial charge on any atom is 0.284 e. The van der Waals surface area contributed by atoms with Gasteiger partial charge in [0.05, 0.1) is 10.3 Å². The van der Waals surface area contributed by atoms with Crippen molar-refractivity contribution in [1.82, 2.24) is 4.98 Å². The summed E-state index contributed by atoms with van der Waals surface area (Å²) in [7, 11) is 0.